The molecule has 3 aromatic rings. The van der Waals surface area contributed by atoms with Gasteiger partial charge in [-0.3, -0.25) is 9.59 Å². The van der Waals surface area contributed by atoms with E-state index < -0.39 is 38.8 Å². The lowest BCUT2D eigenvalue weighted by atomic mass is 9.92. The van der Waals surface area contributed by atoms with Gasteiger partial charge < -0.3 is 20.0 Å². The van der Waals surface area contributed by atoms with Gasteiger partial charge in [-0.2, -0.15) is 0 Å². The van der Waals surface area contributed by atoms with Crippen molar-refractivity contribution in [3.63, 3.8) is 0 Å². The molecule has 13 heteroatoms. The zero-order valence-electron chi connectivity index (χ0n) is 20.5. The first kappa shape index (κ1) is 26.7. The number of rotatable bonds is 5. The van der Waals surface area contributed by atoms with Gasteiger partial charge in [0.05, 0.1) is 34.5 Å². The number of carbonyl (C=O) groups excluding carboxylic acids is 2. The van der Waals surface area contributed by atoms with Gasteiger partial charge in [0, 0.05) is 19.1 Å². The van der Waals surface area contributed by atoms with Gasteiger partial charge in [-0.25, -0.2) is 12.8 Å². The normalized spacial score (nSPS) is 17.3. The van der Waals surface area contributed by atoms with Crippen molar-refractivity contribution in [3.05, 3.63) is 58.7 Å². The van der Waals surface area contributed by atoms with Crippen LogP contribution in [-0.4, -0.2) is 61.2 Å². The van der Waals surface area contributed by atoms with Gasteiger partial charge in [-0.05, 0) is 43.7 Å². The van der Waals surface area contributed by atoms with Crippen LogP contribution < -0.4 is 10.6 Å². The number of likely N-dealkylation sites (N-methyl/N-ethyl adjacent to an activating group) is 1. The molecule has 0 aliphatic carbocycles. The molecule has 1 aliphatic rings. The lowest BCUT2D eigenvalue weighted by Gasteiger charge is -2.24. The Bertz CT molecular complexity index is 1490. The molecule has 0 radical (unpaired) electrons. The highest BCUT2D eigenvalue weighted by atomic mass is 35.5. The molecule has 37 heavy (non-hydrogen) atoms. The molecule has 1 aromatic heterocycles. The Morgan fingerprint density at radius 1 is 1.24 bits per heavy atom. The minimum absolute atomic E-state index is 0.0449. The molecule has 196 valence electrons. The smallest absolute Gasteiger partial charge is 0.250 e. The summed E-state index contributed by atoms with van der Waals surface area (Å²) in [4.78, 5) is 27.9. The number of anilines is 1. The van der Waals surface area contributed by atoms with E-state index >= 15 is 4.39 Å². The fourth-order valence-electron chi connectivity index (χ4n) is 4.05. The molecule has 0 bridgehead atoms. The predicted molar refractivity (Wildman–Crippen MR) is 134 cm³/mol. The molecule has 10 nitrogen and oxygen atoms in total. The number of benzene rings is 2. The van der Waals surface area contributed by atoms with E-state index in [1.807, 2.05) is 0 Å². The molecule has 0 unspecified atom stereocenters. The Kier molecular flexibility index (Phi) is 6.86. The van der Waals surface area contributed by atoms with Crippen LogP contribution >= 0.6 is 11.6 Å². The van der Waals surface area contributed by atoms with E-state index in [0.717, 1.165) is 6.07 Å². The first-order chi connectivity index (χ1) is 17.2. The summed E-state index contributed by atoms with van der Waals surface area (Å²) in [5.41, 5.74) is 5.06. The van der Waals surface area contributed by atoms with Gasteiger partial charge in [0.15, 0.2) is 9.84 Å². The summed E-state index contributed by atoms with van der Waals surface area (Å²) in [5, 5.41) is 8.31. The number of nitrogens with two attached hydrogens (primary N) is 1. The number of halogens is 2. The highest BCUT2D eigenvalue weighted by molar-refractivity contribution is 7.91. The molecule has 0 saturated heterocycles. The first-order valence-electron chi connectivity index (χ1n) is 11.2. The summed E-state index contributed by atoms with van der Waals surface area (Å²) in [7, 11) is -0.970. The second-order valence-corrected chi connectivity index (χ2v) is 11.9. The van der Waals surface area contributed by atoms with E-state index in [9.17, 15) is 18.0 Å². The molecule has 0 spiro atoms. The van der Waals surface area contributed by atoms with Crippen molar-refractivity contribution >= 4 is 38.9 Å². The molecule has 1 atom stereocenters. The number of hydrogen-bond acceptors (Lipinski definition) is 8. The van der Waals surface area contributed by atoms with E-state index in [2.05, 4.69) is 10.2 Å². The minimum Gasteiger partial charge on any atom is -0.419 e. The van der Waals surface area contributed by atoms with Crippen molar-refractivity contribution in [1.82, 2.24) is 15.1 Å². The summed E-state index contributed by atoms with van der Waals surface area (Å²) in [6, 6.07) is 7.25. The predicted octanol–water partition coefficient (Wildman–Crippen LogP) is 2.54. The first-order valence-corrected chi connectivity index (χ1v) is 13.2. The standard InChI is InChI=1S/C24H25ClFN5O5S/c1-24(2,23(33)30(3)4)22-29-28-20(36-22)15-9-18-19(10-16(15)26)37(34,35)12-17(27)21(32)31(18)11-13-5-7-14(25)8-6-13/h5-10,17H,11-12,27H2,1-4H3/t17-/m0/s1. The van der Waals surface area contributed by atoms with E-state index in [1.54, 1.807) is 52.2 Å². The van der Waals surface area contributed by atoms with Gasteiger partial charge in [0.1, 0.15) is 11.2 Å². The van der Waals surface area contributed by atoms with Crippen LogP contribution in [0.5, 0.6) is 0 Å². The fourth-order valence-corrected chi connectivity index (χ4v) is 5.75. The van der Waals surface area contributed by atoms with E-state index in [1.165, 1.54) is 15.9 Å². The maximum absolute atomic E-state index is 15.3. The van der Waals surface area contributed by atoms with Crippen LogP contribution in [0.25, 0.3) is 11.5 Å². The zero-order chi connectivity index (χ0) is 27.3. The summed E-state index contributed by atoms with van der Waals surface area (Å²) in [6.45, 7) is 3.12. The van der Waals surface area contributed by atoms with Crippen molar-refractivity contribution in [2.45, 2.75) is 36.7 Å². The van der Waals surface area contributed by atoms with Crippen LogP contribution in [0.1, 0.15) is 25.3 Å². The average Bonchev–Trinajstić information content (AvgIpc) is 3.31. The maximum Gasteiger partial charge on any atom is 0.250 e. The molecule has 1 aliphatic heterocycles. The van der Waals surface area contributed by atoms with Gasteiger partial charge >= 0.3 is 0 Å². The van der Waals surface area contributed by atoms with Crippen molar-refractivity contribution in [1.29, 1.82) is 0 Å². The average molecular weight is 550 g/mol. The van der Waals surface area contributed by atoms with Gasteiger partial charge in [-0.15, -0.1) is 10.2 Å². The Morgan fingerprint density at radius 2 is 1.89 bits per heavy atom. The molecule has 0 saturated carbocycles. The number of aromatic nitrogens is 2. The molecule has 2 N–H and O–H groups in total. The third-order valence-corrected chi connectivity index (χ3v) is 8.09. The zero-order valence-corrected chi connectivity index (χ0v) is 22.1. The number of nitrogens with zero attached hydrogens (tertiary/aromatic N) is 4. The van der Waals surface area contributed by atoms with E-state index in [0.29, 0.717) is 10.6 Å². The third kappa shape index (κ3) is 4.96. The van der Waals surface area contributed by atoms with Crippen LogP contribution in [0.3, 0.4) is 0 Å². The molecule has 2 heterocycles. The lowest BCUT2D eigenvalue weighted by molar-refractivity contribution is -0.134. The summed E-state index contributed by atoms with van der Waals surface area (Å²) < 4.78 is 47.0. The largest absolute Gasteiger partial charge is 0.419 e. The van der Waals surface area contributed by atoms with Gasteiger partial charge in [0.25, 0.3) is 5.89 Å². The summed E-state index contributed by atoms with van der Waals surface area (Å²) >= 11 is 5.96. The van der Waals surface area contributed by atoms with E-state index in [-0.39, 0.29) is 40.4 Å². The van der Waals surface area contributed by atoms with Crippen LogP contribution in [0.15, 0.2) is 45.7 Å². The van der Waals surface area contributed by atoms with Crippen molar-refractivity contribution in [2.75, 3.05) is 24.7 Å². The van der Waals surface area contributed by atoms with Crippen molar-refractivity contribution in [3.8, 4) is 11.5 Å². The SMILES string of the molecule is CN(C)C(=O)C(C)(C)c1nnc(-c2cc3c(cc2F)S(=O)(=O)C[C@H](N)C(=O)N3Cc2ccc(Cl)cc2)o1. The van der Waals surface area contributed by atoms with Gasteiger partial charge in [0.2, 0.25) is 17.7 Å². The summed E-state index contributed by atoms with van der Waals surface area (Å²) in [6.07, 6.45) is 0. The van der Waals surface area contributed by atoms with Crippen LogP contribution in [0.4, 0.5) is 10.1 Å². The second kappa shape index (κ2) is 9.51. The number of amides is 2. The highest BCUT2D eigenvalue weighted by Gasteiger charge is 2.39. The van der Waals surface area contributed by atoms with Crippen LogP contribution in [-0.2, 0) is 31.4 Å². The number of sulfone groups is 1. The quantitative estimate of drug-likeness (QED) is 0.512. The lowest BCUT2D eigenvalue weighted by Crippen LogP contribution is -2.45. The topological polar surface area (TPSA) is 140 Å². The molecular formula is C24H25ClFN5O5S. The summed E-state index contributed by atoms with van der Waals surface area (Å²) in [5.74, 6) is -2.94. The fraction of sp³-hybridized carbons (Fsp3) is 0.333. The minimum atomic E-state index is -4.12. The Balaban J connectivity index is 1.86. The Hall–Kier alpha value is -3.35. The second-order valence-electron chi connectivity index (χ2n) is 9.48. The van der Waals surface area contributed by atoms with Gasteiger partial charge in [-0.1, -0.05) is 23.7 Å². The van der Waals surface area contributed by atoms with Crippen LogP contribution in [0.2, 0.25) is 5.02 Å². The Morgan fingerprint density at radius 3 is 2.51 bits per heavy atom. The monoisotopic (exact) mass is 549 g/mol. The van der Waals surface area contributed by atoms with Crippen molar-refractivity contribution < 1.29 is 26.8 Å². The van der Waals surface area contributed by atoms with E-state index in [4.69, 9.17) is 21.8 Å². The molecular weight excluding hydrogens is 525 g/mol. The number of fused-ring (bicyclic) bond motifs is 1. The highest BCUT2D eigenvalue weighted by Crippen LogP contribution is 2.37. The van der Waals surface area contributed by atoms with Crippen LogP contribution in [0, 0.1) is 5.82 Å². The molecule has 2 amide bonds. The Labute approximate surface area is 218 Å². The molecule has 4 rings (SSSR count). The maximum atomic E-state index is 15.3. The molecule has 2 aromatic carbocycles. The number of hydrogen-bond donors (Lipinski definition) is 1. The van der Waals surface area contributed by atoms with Crippen molar-refractivity contribution in [2.24, 2.45) is 5.73 Å². The molecule has 0 fully saturated rings. The number of carbonyl (C=O) groups is 2. The third-order valence-electron chi connectivity index (χ3n) is 6.04.